The normalized spacial score (nSPS) is 10.6. The summed E-state index contributed by atoms with van der Waals surface area (Å²) in [5, 5.41) is 3.43. The summed E-state index contributed by atoms with van der Waals surface area (Å²) >= 11 is 0. The summed E-state index contributed by atoms with van der Waals surface area (Å²) in [6.45, 7) is 7.66. The third-order valence-electron chi connectivity index (χ3n) is 2.29. The average molecular weight is 192 g/mol. The lowest BCUT2D eigenvalue weighted by Gasteiger charge is -2.09. The maximum absolute atomic E-state index is 4.06. The summed E-state index contributed by atoms with van der Waals surface area (Å²) in [7, 11) is 0. The standard InChI is InChI=1S/C12H20N2/c1-10(2)5-4-7-14-12-6-8-13-9-11(12)3/h6,8-10H,4-5,7H2,1-3H3,(H,13,14). The molecule has 1 rings (SSSR count). The van der Waals surface area contributed by atoms with Gasteiger partial charge in [-0.2, -0.15) is 0 Å². The molecule has 0 atom stereocenters. The molecule has 0 amide bonds. The molecule has 1 N–H and O–H groups in total. The van der Waals surface area contributed by atoms with E-state index in [0.29, 0.717) is 0 Å². The summed E-state index contributed by atoms with van der Waals surface area (Å²) < 4.78 is 0. The van der Waals surface area contributed by atoms with Crippen molar-refractivity contribution in [2.24, 2.45) is 5.92 Å². The smallest absolute Gasteiger partial charge is 0.0400 e. The van der Waals surface area contributed by atoms with Crippen LogP contribution < -0.4 is 5.32 Å². The van der Waals surface area contributed by atoms with Crippen molar-refractivity contribution in [2.75, 3.05) is 11.9 Å². The number of pyridine rings is 1. The van der Waals surface area contributed by atoms with E-state index in [2.05, 4.69) is 31.1 Å². The lowest BCUT2D eigenvalue weighted by Crippen LogP contribution is -2.04. The van der Waals surface area contributed by atoms with Gasteiger partial charge in [0.1, 0.15) is 0 Å². The number of nitrogens with one attached hydrogen (secondary N) is 1. The highest BCUT2D eigenvalue weighted by Gasteiger charge is 1.97. The molecule has 0 saturated carbocycles. The van der Waals surface area contributed by atoms with Gasteiger partial charge in [-0.3, -0.25) is 4.98 Å². The zero-order valence-electron chi connectivity index (χ0n) is 9.38. The Morgan fingerprint density at radius 3 is 2.86 bits per heavy atom. The second-order valence-electron chi connectivity index (χ2n) is 4.15. The molecule has 0 aliphatic heterocycles. The minimum absolute atomic E-state index is 0.801. The molecule has 0 aromatic carbocycles. The average Bonchev–Trinajstić information content (AvgIpc) is 2.15. The Hall–Kier alpha value is -1.05. The van der Waals surface area contributed by atoms with E-state index in [1.807, 2.05) is 18.5 Å². The Morgan fingerprint density at radius 1 is 1.43 bits per heavy atom. The molecule has 14 heavy (non-hydrogen) atoms. The van der Waals surface area contributed by atoms with Crippen LogP contribution in [0.15, 0.2) is 18.5 Å². The number of nitrogens with zero attached hydrogens (tertiary/aromatic N) is 1. The van der Waals surface area contributed by atoms with Gasteiger partial charge in [0.05, 0.1) is 0 Å². The van der Waals surface area contributed by atoms with Gasteiger partial charge in [-0.1, -0.05) is 13.8 Å². The molecule has 78 valence electrons. The van der Waals surface area contributed by atoms with Crippen LogP contribution in [-0.4, -0.2) is 11.5 Å². The van der Waals surface area contributed by atoms with Gasteiger partial charge in [-0.05, 0) is 37.3 Å². The third kappa shape index (κ3) is 3.77. The van der Waals surface area contributed by atoms with Crippen molar-refractivity contribution in [1.82, 2.24) is 4.98 Å². The fourth-order valence-electron chi connectivity index (χ4n) is 1.41. The van der Waals surface area contributed by atoms with Crippen molar-refractivity contribution in [2.45, 2.75) is 33.6 Å². The summed E-state index contributed by atoms with van der Waals surface area (Å²) in [6, 6.07) is 2.03. The molecule has 2 heteroatoms. The largest absolute Gasteiger partial charge is 0.385 e. The topological polar surface area (TPSA) is 24.9 Å². The molecule has 0 unspecified atom stereocenters. The van der Waals surface area contributed by atoms with Crippen LogP contribution in [0, 0.1) is 12.8 Å². The molecule has 0 aliphatic carbocycles. The highest BCUT2D eigenvalue weighted by molar-refractivity contribution is 5.48. The molecule has 0 saturated heterocycles. The number of aryl methyl sites for hydroxylation is 1. The van der Waals surface area contributed by atoms with Gasteiger partial charge < -0.3 is 5.32 Å². The first kappa shape index (κ1) is 11.0. The lowest BCUT2D eigenvalue weighted by atomic mass is 10.1. The first-order valence-electron chi connectivity index (χ1n) is 5.34. The van der Waals surface area contributed by atoms with Crippen molar-refractivity contribution in [1.29, 1.82) is 0 Å². The molecule has 0 fully saturated rings. The predicted octanol–water partition coefficient (Wildman–Crippen LogP) is 3.24. The fourth-order valence-corrected chi connectivity index (χ4v) is 1.41. The van der Waals surface area contributed by atoms with Crippen molar-refractivity contribution in [3.8, 4) is 0 Å². The summed E-state index contributed by atoms with van der Waals surface area (Å²) in [5.41, 5.74) is 2.43. The van der Waals surface area contributed by atoms with Crippen molar-refractivity contribution >= 4 is 5.69 Å². The van der Waals surface area contributed by atoms with E-state index in [0.717, 1.165) is 12.5 Å². The second kappa shape index (κ2) is 5.63. The van der Waals surface area contributed by atoms with Crippen LogP contribution in [0.5, 0.6) is 0 Å². The molecule has 1 aromatic heterocycles. The highest BCUT2D eigenvalue weighted by Crippen LogP contribution is 2.12. The van der Waals surface area contributed by atoms with Gasteiger partial charge in [-0.25, -0.2) is 0 Å². The van der Waals surface area contributed by atoms with Crippen molar-refractivity contribution in [3.63, 3.8) is 0 Å². The number of anilines is 1. The van der Waals surface area contributed by atoms with E-state index in [1.54, 1.807) is 0 Å². The molecular weight excluding hydrogens is 172 g/mol. The monoisotopic (exact) mass is 192 g/mol. The second-order valence-corrected chi connectivity index (χ2v) is 4.15. The van der Waals surface area contributed by atoms with Crippen molar-refractivity contribution < 1.29 is 0 Å². The first-order valence-corrected chi connectivity index (χ1v) is 5.34. The minimum Gasteiger partial charge on any atom is -0.385 e. The van der Waals surface area contributed by atoms with E-state index in [4.69, 9.17) is 0 Å². The molecule has 1 aromatic rings. The maximum atomic E-state index is 4.06. The van der Waals surface area contributed by atoms with Crippen LogP contribution >= 0.6 is 0 Å². The number of aromatic nitrogens is 1. The van der Waals surface area contributed by atoms with Crippen LogP contribution in [0.1, 0.15) is 32.3 Å². The Labute approximate surface area is 86.8 Å². The Bertz CT molecular complexity index is 269. The predicted molar refractivity (Wildman–Crippen MR) is 61.5 cm³/mol. The minimum atomic E-state index is 0.801. The third-order valence-corrected chi connectivity index (χ3v) is 2.29. The first-order chi connectivity index (χ1) is 6.70. The lowest BCUT2D eigenvalue weighted by molar-refractivity contribution is 0.567. The number of hydrogen-bond acceptors (Lipinski definition) is 2. The quantitative estimate of drug-likeness (QED) is 0.724. The number of hydrogen-bond donors (Lipinski definition) is 1. The zero-order valence-corrected chi connectivity index (χ0v) is 9.38. The highest BCUT2D eigenvalue weighted by atomic mass is 14.9. The van der Waals surface area contributed by atoms with Gasteiger partial charge in [0.15, 0.2) is 0 Å². The summed E-state index contributed by atoms with van der Waals surface area (Å²) in [6.07, 6.45) is 6.25. The van der Waals surface area contributed by atoms with Crippen LogP contribution in [-0.2, 0) is 0 Å². The molecule has 0 aliphatic rings. The maximum Gasteiger partial charge on any atom is 0.0400 e. The number of rotatable bonds is 5. The van der Waals surface area contributed by atoms with E-state index in [9.17, 15) is 0 Å². The van der Waals surface area contributed by atoms with E-state index in [1.165, 1.54) is 24.1 Å². The van der Waals surface area contributed by atoms with Crippen LogP contribution in [0.2, 0.25) is 0 Å². The molecular formula is C12H20N2. The van der Waals surface area contributed by atoms with Crippen LogP contribution in [0.3, 0.4) is 0 Å². The van der Waals surface area contributed by atoms with Crippen LogP contribution in [0.25, 0.3) is 0 Å². The molecule has 0 spiro atoms. The van der Waals surface area contributed by atoms with Gasteiger partial charge in [0.25, 0.3) is 0 Å². The molecule has 0 radical (unpaired) electrons. The van der Waals surface area contributed by atoms with E-state index in [-0.39, 0.29) is 0 Å². The molecule has 0 bridgehead atoms. The Kier molecular flexibility index (Phi) is 4.44. The SMILES string of the molecule is Cc1cnccc1NCCCC(C)C. The van der Waals surface area contributed by atoms with E-state index < -0.39 is 0 Å². The summed E-state index contributed by atoms with van der Waals surface area (Å²) in [4.78, 5) is 4.06. The Morgan fingerprint density at radius 2 is 2.21 bits per heavy atom. The van der Waals surface area contributed by atoms with Gasteiger partial charge >= 0.3 is 0 Å². The van der Waals surface area contributed by atoms with Crippen LogP contribution in [0.4, 0.5) is 5.69 Å². The zero-order chi connectivity index (χ0) is 10.4. The van der Waals surface area contributed by atoms with Gasteiger partial charge in [-0.15, -0.1) is 0 Å². The van der Waals surface area contributed by atoms with Crippen molar-refractivity contribution in [3.05, 3.63) is 24.0 Å². The summed E-state index contributed by atoms with van der Waals surface area (Å²) in [5.74, 6) is 0.801. The molecule has 1 heterocycles. The Balaban J connectivity index is 2.28. The van der Waals surface area contributed by atoms with Gasteiger partial charge in [0.2, 0.25) is 0 Å². The van der Waals surface area contributed by atoms with Gasteiger partial charge in [0, 0.05) is 24.6 Å². The fraction of sp³-hybridized carbons (Fsp3) is 0.583. The van der Waals surface area contributed by atoms with E-state index >= 15 is 0 Å². The molecule has 2 nitrogen and oxygen atoms in total.